The summed E-state index contributed by atoms with van der Waals surface area (Å²) in [5.74, 6) is -0.324. The third kappa shape index (κ3) is 4.69. The monoisotopic (exact) mass is 386 g/mol. The highest BCUT2D eigenvalue weighted by Gasteiger charge is 2.22. The number of anilines is 1. The van der Waals surface area contributed by atoms with Gasteiger partial charge < -0.3 is 5.32 Å². The summed E-state index contributed by atoms with van der Waals surface area (Å²) in [7, 11) is -3.57. The summed E-state index contributed by atoms with van der Waals surface area (Å²) in [4.78, 5) is 12.6. The summed E-state index contributed by atoms with van der Waals surface area (Å²) in [6, 6.07) is 13.3. The maximum Gasteiger partial charge on any atom is 0.241 e. The Labute approximate surface area is 161 Å². The van der Waals surface area contributed by atoms with Crippen molar-refractivity contribution in [2.45, 2.75) is 39.2 Å². The lowest BCUT2D eigenvalue weighted by Crippen LogP contribution is -2.41. The molecule has 0 aromatic heterocycles. The van der Waals surface area contributed by atoms with Crippen molar-refractivity contribution in [3.05, 3.63) is 64.7 Å². The van der Waals surface area contributed by atoms with Crippen LogP contribution in [-0.2, 0) is 27.7 Å². The fraction of sp³-hybridized carbons (Fsp3) is 0.381. The zero-order valence-electron chi connectivity index (χ0n) is 16.0. The van der Waals surface area contributed by atoms with Gasteiger partial charge in [0.25, 0.3) is 0 Å². The molecule has 2 aromatic carbocycles. The predicted octanol–water partition coefficient (Wildman–Crippen LogP) is 3.13. The van der Waals surface area contributed by atoms with Crippen LogP contribution in [0.3, 0.4) is 0 Å². The van der Waals surface area contributed by atoms with E-state index in [2.05, 4.69) is 17.4 Å². The second-order valence-electron chi connectivity index (χ2n) is 7.28. The van der Waals surface area contributed by atoms with Crippen LogP contribution in [0.15, 0.2) is 42.5 Å². The minimum atomic E-state index is -3.57. The number of carbonyl (C=O) groups is 1. The molecule has 0 fully saturated rings. The van der Waals surface area contributed by atoms with Crippen LogP contribution in [0.1, 0.15) is 41.6 Å². The largest absolute Gasteiger partial charge is 0.348 e. The fourth-order valence-electron chi connectivity index (χ4n) is 3.55. The minimum Gasteiger partial charge on any atom is -0.348 e. The van der Waals surface area contributed by atoms with Crippen LogP contribution < -0.4 is 9.62 Å². The van der Waals surface area contributed by atoms with Gasteiger partial charge in [0, 0.05) is 0 Å². The van der Waals surface area contributed by atoms with Gasteiger partial charge in [-0.25, -0.2) is 8.42 Å². The van der Waals surface area contributed by atoms with Crippen molar-refractivity contribution in [3.63, 3.8) is 0 Å². The molecule has 3 rings (SSSR count). The first-order valence-electron chi connectivity index (χ1n) is 9.19. The Morgan fingerprint density at radius 3 is 2.59 bits per heavy atom. The summed E-state index contributed by atoms with van der Waals surface area (Å²) in [6.45, 7) is 3.57. The molecular weight excluding hydrogens is 360 g/mol. The zero-order chi connectivity index (χ0) is 19.6. The molecule has 1 amide bonds. The van der Waals surface area contributed by atoms with Crippen LogP contribution in [0, 0.1) is 6.92 Å². The van der Waals surface area contributed by atoms with Crippen molar-refractivity contribution in [2.24, 2.45) is 0 Å². The van der Waals surface area contributed by atoms with Gasteiger partial charge in [-0.05, 0) is 67.5 Å². The Kier molecular flexibility index (Phi) is 5.56. The Morgan fingerprint density at radius 2 is 1.89 bits per heavy atom. The molecule has 1 aliphatic carbocycles. The lowest BCUT2D eigenvalue weighted by atomic mass is 10.0. The maximum absolute atomic E-state index is 12.6. The van der Waals surface area contributed by atoms with E-state index in [1.807, 2.05) is 26.0 Å². The van der Waals surface area contributed by atoms with Gasteiger partial charge in [-0.15, -0.1) is 0 Å². The smallest absolute Gasteiger partial charge is 0.241 e. The molecule has 2 aromatic rings. The number of hydrogen-bond donors (Lipinski definition) is 1. The van der Waals surface area contributed by atoms with Crippen molar-refractivity contribution in [1.29, 1.82) is 0 Å². The number of hydrogen-bond acceptors (Lipinski definition) is 3. The number of fused-ring (bicyclic) bond motifs is 1. The van der Waals surface area contributed by atoms with Gasteiger partial charge in [0.1, 0.15) is 6.54 Å². The number of aryl methyl sites for hydroxylation is 3. The summed E-state index contributed by atoms with van der Waals surface area (Å²) >= 11 is 0. The molecule has 1 unspecified atom stereocenters. The highest BCUT2D eigenvalue weighted by molar-refractivity contribution is 7.92. The second kappa shape index (κ2) is 7.72. The standard InChI is InChI=1S/C21H26N2O3S/c1-15-6-4-9-20(12-15)23(27(3,25)26)14-21(24)22-16(2)18-11-10-17-7-5-8-19(17)13-18/h4,6,9-13,16H,5,7-8,14H2,1-3H3,(H,22,24). The van der Waals surface area contributed by atoms with E-state index in [9.17, 15) is 13.2 Å². The van der Waals surface area contributed by atoms with E-state index in [1.54, 1.807) is 18.2 Å². The average molecular weight is 387 g/mol. The average Bonchev–Trinajstić information content (AvgIpc) is 3.06. The van der Waals surface area contributed by atoms with Crippen molar-refractivity contribution < 1.29 is 13.2 Å². The van der Waals surface area contributed by atoms with Crippen LogP contribution in [-0.4, -0.2) is 27.1 Å². The highest BCUT2D eigenvalue weighted by atomic mass is 32.2. The summed E-state index contributed by atoms with van der Waals surface area (Å²) in [5, 5.41) is 2.93. The number of sulfonamides is 1. The van der Waals surface area contributed by atoms with Crippen molar-refractivity contribution in [1.82, 2.24) is 5.32 Å². The SMILES string of the molecule is Cc1cccc(N(CC(=O)NC(C)c2ccc3c(c2)CCC3)S(C)(=O)=O)c1. The normalized spacial score (nSPS) is 14.5. The first-order valence-corrected chi connectivity index (χ1v) is 11.0. The fourth-order valence-corrected chi connectivity index (χ4v) is 4.39. The molecule has 0 spiro atoms. The molecule has 0 saturated carbocycles. The van der Waals surface area contributed by atoms with Crippen LogP contribution >= 0.6 is 0 Å². The third-order valence-electron chi connectivity index (χ3n) is 4.98. The van der Waals surface area contributed by atoms with Gasteiger partial charge in [-0.1, -0.05) is 30.3 Å². The highest BCUT2D eigenvalue weighted by Crippen LogP contribution is 2.25. The molecule has 1 atom stereocenters. The summed E-state index contributed by atoms with van der Waals surface area (Å²) in [5.41, 5.74) is 5.22. The van der Waals surface area contributed by atoms with E-state index in [-0.39, 0.29) is 18.5 Å². The zero-order valence-corrected chi connectivity index (χ0v) is 16.8. The molecule has 1 aliphatic rings. The minimum absolute atomic E-state index is 0.178. The van der Waals surface area contributed by atoms with E-state index in [0.717, 1.165) is 34.5 Å². The summed E-state index contributed by atoms with van der Waals surface area (Å²) in [6.07, 6.45) is 4.50. The van der Waals surface area contributed by atoms with E-state index in [4.69, 9.17) is 0 Å². The number of nitrogens with one attached hydrogen (secondary N) is 1. The molecule has 5 nitrogen and oxygen atoms in total. The van der Waals surface area contributed by atoms with Crippen molar-refractivity contribution in [2.75, 3.05) is 17.1 Å². The lowest BCUT2D eigenvalue weighted by molar-refractivity contribution is -0.120. The molecule has 27 heavy (non-hydrogen) atoms. The van der Waals surface area contributed by atoms with Crippen molar-refractivity contribution >= 4 is 21.6 Å². The summed E-state index contributed by atoms with van der Waals surface area (Å²) < 4.78 is 25.6. The first kappa shape index (κ1) is 19.4. The molecule has 6 heteroatoms. The Hall–Kier alpha value is -2.34. The topological polar surface area (TPSA) is 66.5 Å². The molecule has 0 aliphatic heterocycles. The van der Waals surface area contributed by atoms with Gasteiger partial charge in [0.05, 0.1) is 18.0 Å². The first-order chi connectivity index (χ1) is 12.7. The molecule has 0 radical (unpaired) electrons. The molecule has 0 saturated heterocycles. The van der Waals surface area contributed by atoms with Crippen LogP contribution in [0.25, 0.3) is 0 Å². The van der Waals surface area contributed by atoms with E-state index in [0.29, 0.717) is 5.69 Å². The quantitative estimate of drug-likeness (QED) is 0.829. The second-order valence-corrected chi connectivity index (χ2v) is 9.19. The molecule has 1 N–H and O–H groups in total. The number of rotatable bonds is 6. The van der Waals surface area contributed by atoms with Crippen LogP contribution in [0.5, 0.6) is 0 Å². The lowest BCUT2D eigenvalue weighted by Gasteiger charge is -2.23. The number of carbonyl (C=O) groups excluding carboxylic acids is 1. The molecule has 144 valence electrons. The van der Waals surface area contributed by atoms with Gasteiger partial charge in [0.2, 0.25) is 15.9 Å². The van der Waals surface area contributed by atoms with Crippen molar-refractivity contribution in [3.8, 4) is 0 Å². The number of nitrogens with zero attached hydrogens (tertiary/aromatic N) is 1. The van der Waals surface area contributed by atoms with Gasteiger partial charge in [0.15, 0.2) is 0 Å². The number of amides is 1. The predicted molar refractivity (Wildman–Crippen MR) is 108 cm³/mol. The molecule has 0 bridgehead atoms. The van der Waals surface area contributed by atoms with Gasteiger partial charge in [-0.3, -0.25) is 9.10 Å². The number of benzene rings is 2. The molecule has 0 heterocycles. The van der Waals surface area contributed by atoms with Gasteiger partial charge >= 0.3 is 0 Å². The Morgan fingerprint density at radius 1 is 1.15 bits per heavy atom. The maximum atomic E-state index is 12.6. The van der Waals surface area contributed by atoms with E-state index in [1.165, 1.54) is 17.5 Å². The Bertz CT molecular complexity index is 954. The Balaban J connectivity index is 1.72. The third-order valence-corrected chi connectivity index (χ3v) is 6.12. The van der Waals surface area contributed by atoms with Gasteiger partial charge in [-0.2, -0.15) is 0 Å². The van der Waals surface area contributed by atoms with Crippen LogP contribution in [0.2, 0.25) is 0 Å². The van der Waals surface area contributed by atoms with E-state index < -0.39 is 10.0 Å². The van der Waals surface area contributed by atoms with E-state index >= 15 is 0 Å². The van der Waals surface area contributed by atoms with Crippen LogP contribution in [0.4, 0.5) is 5.69 Å². The molecular formula is C21H26N2O3S.